The molecule has 1 unspecified atom stereocenters. The average Bonchev–Trinajstić information content (AvgIpc) is 2.27. The molecule has 2 rings (SSSR count). The van der Waals surface area contributed by atoms with E-state index in [1.165, 1.54) is 0 Å². The predicted octanol–water partition coefficient (Wildman–Crippen LogP) is -0.00150. The molecule has 1 atom stereocenters. The average molecular weight is 289 g/mol. The third-order valence-electron chi connectivity index (χ3n) is 2.55. The van der Waals surface area contributed by atoms with Crippen molar-refractivity contribution < 1.29 is 28.0 Å². The highest BCUT2D eigenvalue weighted by atomic mass is 35.7. The van der Waals surface area contributed by atoms with Crippen molar-refractivity contribution in [1.29, 1.82) is 0 Å². The number of benzene rings is 1. The van der Waals surface area contributed by atoms with Gasteiger partial charge in [-0.25, -0.2) is 0 Å². The van der Waals surface area contributed by atoms with Crippen molar-refractivity contribution in [1.82, 2.24) is 0 Å². The van der Waals surface area contributed by atoms with Crippen LogP contribution in [0.25, 0.3) is 5.57 Å². The van der Waals surface area contributed by atoms with Gasteiger partial charge in [-0.15, -0.1) is 0 Å². The first-order valence-electron chi connectivity index (χ1n) is 5.37. The minimum Gasteiger partial charge on any atom is -0.182 e. The van der Waals surface area contributed by atoms with E-state index < -0.39 is 21.0 Å². The van der Waals surface area contributed by atoms with E-state index in [0.29, 0.717) is 5.92 Å². The summed E-state index contributed by atoms with van der Waals surface area (Å²) >= 11 is 0. The second-order valence-corrected chi connectivity index (χ2v) is 6.71. The third kappa shape index (κ3) is 3.00. The van der Waals surface area contributed by atoms with Gasteiger partial charge in [0.1, 0.15) is 14.5 Å². The Balaban J connectivity index is 2.47. The predicted molar refractivity (Wildman–Crippen MR) is 62.3 cm³/mol. The molecule has 0 aliphatic carbocycles. The van der Waals surface area contributed by atoms with Gasteiger partial charge in [0.05, 0.1) is 15.1 Å². The first kappa shape index (κ1) is 13.7. The van der Waals surface area contributed by atoms with E-state index in [0.717, 1.165) is 16.0 Å². The van der Waals surface area contributed by atoms with Crippen molar-refractivity contribution in [3.8, 4) is 0 Å². The lowest BCUT2D eigenvalue weighted by atomic mass is 9.95. The number of halogens is 1. The highest BCUT2D eigenvalue weighted by Gasteiger charge is 2.27. The molecule has 0 N–H and O–H groups in total. The summed E-state index contributed by atoms with van der Waals surface area (Å²) in [6.45, 7) is 4.12. The Hall–Kier alpha value is -0.690. The van der Waals surface area contributed by atoms with E-state index >= 15 is 0 Å². The summed E-state index contributed by atoms with van der Waals surface area (Å²) in [7, 11) is -5.56. The first-order valence-corrected chi connectivity index (χ1v) is 7.81. The Labute approximate surface area is 110 Å². The SMILES string of the molecule is CC(C)C1=CC=S(O[Cl+3]([O-])([O-])[O-])c2ccccc21. The fourth-order valence-corrected chi connectivity index (χ4v) is 3.96. The standard InChI is InChI=1S/C12H13ClO4S/c1-9(2)10-7-8-18(17-13(14,15)16)12-6-4-3-5-11(10)12/h3-9H,1-2H3. The van der Waals surface area contributed by atoms with Crippen molar-refractivity contribution >= 4 is 21.7 Å². The highest BCUT2D eigenvalue weighted by molar-refractivity contribution is 8.11. The molecule has 0 saturated carbocycles. The van der Waals surface area contributed by atoms with Gasteiger partial charge in [0.2, 0.25) is 0 Å². The van der Waals surface area contributed by atoms with Crippen LogP contribution in [-0.4, -0.2) is 5.37 Å². The van der Waals surface area contributed by atoms with Gasteiger partial charge >= 0.3 is 0 Å². The number of fused-ring (bicyclic) bond motifs is 1. The van der Waals surface area contributed by atoms with Gasteiger partial charge in [0.15, 0.2) is 0 Å². The van der Waals surface area contributed by atoms with E-state index in [4.69, 9.17) is 0 Å². The van der Waals surface area contributed by atoms with E-state index in [1.807, 2.05) is 18.2 Å². The molecular weight excluding hydrogens is 276 g/mol. The molecule has 0 radical (unpaired) electrons. The minimum absolute atomic E-state index is 0.314. The maximum Gasteiger partial charge on any atom is 0.141 e. The van der Waals surface area contributed by atoms with Crippen LogP contribution >= 0.6 is 10.8 Å². The van der Waals surface area contributed by atoms with Crippen molar-refractivity contribution in [2.24, 2.45) is 5.92 Å². The molecule has 0 bridgehead atoms. The zero-order valence-electron chi connectivity index (χ0n) is 9.96. The van der Waals surface area contributed by atoms with E-state index in [2.05, 4.69) is 17.6 Å². The number of rotatable bonds is 3. The Morgan fingerprint density at radius 1 is 1.17 bits per heavy atom. The van der Waals surface area contributed by atoms with Crippen molar-refractivity contribution in [2.45, 2.75) is 18.7 Å². The van der Waals surface area contributed by atoms with Crippen LogP contribution in [0.4, 0.5) is 0 Å². The zero-order chi connectivity index (χ0) is 13.3. The largest absolute Gasteiger partial charge is 0.182 e. The molecule has 1 aliphatic rings. The normalized spacial score (nSPS) is 19.2. The van der Waals surface area contributed by atoms with Gasteiger partial charge in [-0.2, -0.15) is 14.0 Å². The van der Waals surface area contributed by atoms with Crippen LogP contribution in [0.5, 0.6) is 0 Å². The van der Waals surface area contributed by atoms with E-state index in [-0.39, 0.29) is 0 Å². The lowest BCUT2D eigenvalue weighted by Crippen LogP contribution is -2.60. The first-order chi connectivity index (χ1) is 8.38. The maximum atomic E-state index is 10.7. The van der Waals surface area contributed by atoms with Crippen LogP contribution in [0.2, 0.25) is 0 Å². The number of hydrogen-bond donors (Lipinski definition) is 0. The molecule has 0 amide bonds. The number of allylic oxidation sites excluding steroid dienone is 2. The fraction of sp³-hybridized carbons (Fsp3) is 0.250. The Bertz CT molecular complexity index is 517. The summed E-state index contributed by atoms with van der Waals surface area (Å²) in [5.41, 5.74) is 2.05. The molecule has 18 heavy (non-hydrogen) atoms. The van der Waals surface area contributed by atoms with Crippen molar-refractivity contribution in [3.63, 3.8) is 0 Å². The summed E-state index contributed by atoms with van der Waals surface area (Å²) < 4.78 is 36.6. The summed E-state index contributed by atoms with van der Waals surface area (Å²) in [5, 5.41) is 1.63. The molecule has 4 nitrogen and oxygen atoms in total. The van der Waals surface area contributed by atoms with Gasteiger partial charge in [0.25, 0.3) is 0 Å². The molecule has 6 heteroatoms. The summed E-state index contributed by atoms with van der Waals surface area (Å²) in [5.74, 6) is 0.314. The van der Waals surface area contributed by atoms with Gasteiger partial charge in [-0.1, -0.05) is 32.0 Å². The molecule has 1 aliphatic heterocycles. The molecule has 0 spiro atoms. The molecule has 1 aromatic carbocycles. The second-order valence-electron chi connectivity index (χ2n) is 4.15. The summed E-state index contributed by atoms with van der Waals surface area (Å²) in [4.78, 5) is 0.732. The minimum atomic E-state index is -4.42. The molecule has 1 heterocycles. The molecular formula is C12H13ClO4S. The zero-order valence-corrected chi connectivity index (χ0v) is 11.5. The lowest BCUT2D eigenvalue weighted by Gasteiger charge is -2.20. The number of hydrogen-bond acceptors (Lipinski definition) is 4. The fourth-order valence-electron chi connectivity index (χ4n) is 1.82. The monoisotopic (exact) mass is 288 g/mol. The van der Waals surface area contributed by atoms with Crippen molar-refractivity contribution in [3.05, 3.63) is 35.9 Å². The second kappa shape index (κ2) is 5.13. The smallest absolute Gasteiger partial charge is 0.141 e. The van der Waals surface area contributed by atoms with Gasteiger partial charge in [0, 0.05) is 5.37 Å². The van der Waals surface area contributed by atoms with Crippen LogP contribution in [0, 0.1) is 16.2 Å². The van der Waals surface area contributed by atoms with Gasteiger partial charge < -0.3 is 0 Å². The topological polar surface area (TPSA) is 78.4 Å². The van der Waals surface area contributed by atoms with Crippen LogP contribution in [-0.2, 0) is 3.74 Å². The molecule has 0 fully saturated rings. The Morgan fingerprint density at radius 2 is 1.83 bits per heavy atom. The van der Waals surface area contributed by atoms with E-state index in [9.17, 15) is 14.0 Å². The lowest BCUT2D eigenvalue weighted by molar-refractivity contribution is -1.91. The summed E-state index contributed by atoms with van der Waals surface area (Å²) in [6.07, 6.45) is 1.83. The molecule has 98 valence electrons. The Morgan fingerprint density at radius 3 is 2.44 bits per heavy atom. The van der Waals surface area contributed by atoms with Crippen LogP contribution in [0.1, 0.15) is 19.4 Å². The van der Waals surface area contributed by atoms with Crippen LogP contribution < -0.4 is 14.0 Å². The van der Waals surface area contributed by atoms with Crippen LogP contribution in [0.3, 0.4) is 0 Å². The highest BCUT2D eigenvalue weighted by Crippen LogP contribution is 2.40. The maximum absolute atomic E-state index is 10.7. The van der Waals surface area contributed by atoms with Gasteiger partial charge in [-0.3, -0.25) is 0 Å². The Kier molecular flexibility index (Phi) is 3.91. The molecule has 0 aromatic heterocycles. The third-order valence-corrected chi connectivity index (χ3v) is 4.89. The van der Waals surface area contributed by atoms with Crippen molar-refractivity contribution in [2.75, 3.05) is 0 Å². The van der Waals surface area contributed by atoms with Gasteiger partial charge in [-0.05, 0) is 29.2 Å². The summed E-state index contributed by atoms with van der Waals surface area (Å²) in [6, 6.07) is 7.37. The molecule has 1 aromatic rings. The van der Waals surface area contributed by atoms with Crippen LogP contribution in [0.15, 0.2) is 35.2 Å². The quantitative estimate of drug-likeness (QED) is 0.733. The van der Waals surface area contributed by atoms with E-state index in [1.54, 1.807) is 17.5 Å². The molecule has 0 saturated heterocycles.